The second-order valence-corrected chi connectivity index (χ2v) is 5.77. The zero-order valence-electron chi connectivity index (χ0n) is 13.1. The third-order valence-corrected chi connectivity index (χ3v) is 4.34. The Kier molecular flexibility index (Phi) is 5.59. The van der Waals surface area contributed by atoms with Crippen molar-refractivity contribution in [2.45, 2.75) is 27.2 Å². The standard InChI is InChI=1S/C18H19O3P/c1-12-4-9-17(14(3)13(12)2)18(19)16-7-5-15(6-8-16)10-11-21-22-20/h4-9H,10-11H2,1-3H3. The molecule has 0 aliphatic heterocycles. The fraction of sp³-hybridized carbons (Fsp3) is 0.278. The third kappa shape index (κ3) is 3.68. The number of rotatable bonds is 6. The Morgan fingerprint density at radius 1 is 1.00 bits per heavy atom. The summed E-state index contributed by atoms with van der Waals surface area (Å²) in [5, 5.41) is 0. The summed E-state index contributed by atoms with van der Waals surface area (Å²) < 4.78 is 15.0. The minimum absolute atomic E-state index is 0.0430. The Balaban J connectivity index is 2.20. The van der Waals surface area contributed by atoms with Gasteiger partial charge in [-0.2, -0.15) is 0 Å². The summed E-state index contributed by atoms with van der Waals surface area (Å²) in [6.45, 7) is 6.48. The monoisotopic (exact) mass is 314 g/mol. The van der Waals surface area contributed by atoms with Gasteiger partial charge in [-0.15, -0.1) is 0 Å². The summed E-state index contributed by atoms with van der Waals surface area (Å²) in [5.74, 6) is 0.0430. The Morgan fingerprint density at radius 3 is 2.32 bits per heavy atom. The predicted molar refractivity (Wildman–Crippen MR) is 87.8 cm³/mol. The number of carbonyl (C=O) groups excluding carboxylic acids is 1. The molecule has 0 heterocycles. The maximum atomic E-state index is 12.6. The van der Waals surface area contributed by atoms with Gasteiger partial charge >= 0.3 is 8.69 Å². The molecule has 0 amide bonds. The van der Waals surface area contributed by atoms with E-state index in [2.05, 4.69) is 6.92 Å². The van der Waals surface area contributed by atoms with Crippen LogP contribution in [0.3, 0.4) is 0 Å². The molecule has 0 radical (unpaired) electrons. The Bertz CT molecular complexity index is 690. The summed E-state index contributed by atoms with van der Waals surface area (Å²) in [6, 6.07) is 11.4. The maximum Gasteiger partial charge on any atom is 0.327 e. The van der Waals surface area contributed by atoms with E-state index in [4.69, 9.17) is 4.52 Å². The highest BCUT2D eigenvalue weighted by Crippen LogP contribution is 2.20. The van der Waals surface area contributed by atoms with Gasteiger partial charge in [-0.1, -0.05) is 36.4 Å². The molecule has 0 aliphatic carbocycles. The lowest BCUT2D eigenvalue weighted by Gasteiger charge is -2.10. The van der Waals surface area contributed by atoms with E-state index in [0.717, 1.165) is 22.3 Å². The van der Waals surface area contributed by atoms with Crippen molar-refractivity contribution < 1.29 is 13.9 Å². The van der Waals surface area contributed by atoms with Gasteiger partial charge in [0.2, 0.25) is 0 Å². The summed E-state index contributed by atoms with van der Waals surface area (Å²) in [6.07, 6.45) is 0.673. The average Bonchev–Trinajstić information content (AvgIpc) is 2.53. The van der Waals surface area contributed by atoms with Crippen LogP contribution in [-0.2, 0) is 15.5 Å². The van der Waals surface area contributed by atoms with E-state index in [-0.39, 0.29) is 14.5 Å². The first-order chi connectivity index (χ1) is 10.5. The third-order valence-electron chi connectivity index (χ3n) is 4.05. The molecule has 22 heavy (non-hydrogen) atoms. The van der Waals surface area contributed by atoms with E-state index in [1.807, 2.05) is 50.2 Å². The molecule has 0 spiro atoms. The molecule has 0 N–H and O–H groups in total. The van der Waals surface area contributed by atoms with Gasteiger partial charge in [-0.25, -0.2) is 4.57 Å². The highest BCUT2D eigenvalue weighted by molar-refractivity contribution is 7.17. The van der Waals surface area contributed by atoms with Crippen LogP contribution < -0.4 is 0 Å². The molecular formula is C18H19O3P. The largest absolute Gasteiger partial charge is 0.327 e. The minimum atomic E-state index is -0.299. The zero-order chi connectivity index (χ0) is 16.1. The Hall–Kier alpha value is -1.83. The van der Waals surface area contributed by atoms with E-state index in [1.54, 1.807) is 0 Å². The fourth-order valence-electron chi connectivity index (χ4n) is 2.38. The van der Waals surface area contributed by atoms with Gasteiger partial charge in [0.05, 0.1) is 6.61 Å². The van der Waals surface area contributed by atoms with Gasteiger partial charge in [0.25, 0.3) is 0 Å². The van der Waals surface area contributed by atoms with Gasteiger partial charge in [0.15, 0.2) is 5.78 Å². The second-order valence-electron chi connectivity index (χ2n) is 5.36. The van der Waals surface area contributed by atoms with Crippen molar-refractivity contribution in [2.75, 3.05) is 6.61 Å². The van der Waals surface area contributed by atoms with E-state index in [9.17, 15) is 9.36 Å². The Morgan fingerprint density at radius 2 is 1.68 bits per heavy atom. The lowest BCUT2D eigenvalue weighted by molar-refractivity contribution is 0.103. The molecule has 0 atom stereocenters. The van der Waals surface area contributed by atoms with Crippen LogP contribution in [0.15, 0.2) is 36.4 Å². The summed E-state index contributed by atoms with van der Waals surface area (Å²) in [4.78, 5) is 12.6. The number of hydrogen-bond donors (Lipinski definition) is 0. The lowest BCUT2D eigenvalue weighted by atomic mass is 9.93. The molecule has 0 unspecified atom stereocenters. The van der Waals surface area contributed by atoms with Crippen molar-refractivity contribution in [1.29, 1.82) is 0 Å². The van der Waals surface area contributed by atoms with E-state index in [0.29, 0.717) is 18.6 Å². The quantitative estimate of drug-likeness (QED) is 0.444. The SMILES string of the molecule is Cc1ccc(C(=O)c2ccc(CCOP=O)cc2)c(C)c1C. The predicted octanol–water partition coefficient (Wildman–Crippen LogP) is 4.61. The second kappa shape index (κ2) is 7.44. The van der Waals surface area contributed by atoms with Gasteiger partial charge in [0.1, 0.15) is 0 Å². The molecule has 2 rings (SSSR count). The number of ketones is 1. The van der Waals surface area contributed by atoms with Crippen molar-refractivity contribution in [1.82, 2.24) is 0 Å². The number of benzene rings is 2. The molecule has 0 fully saturated rings. The normalized spacial score (nSPS) is 10.9. The first kappa shape index (κ1) is 16.5. The maximum absolute atomic E-state index is 12.6. The van der Waals surface area contributed by atoms with E-state index < -0.39 is 0 Å². The van der Waals surface area contributed by atoms with Crippen LogP contribution >= 0.6 is 8.69 Å². The highest BCUT2D eigenvalue weighted by Gasteiger charge is 2.13. The van der Waals surface area contributed by atoms with Crippen LogP contribution in [0.2, 0.25) is 0 Å². The number of hydrogen-bond acceptors (Lipinski definition) is 3. The van der Waals surface area contributed by atoms with Crippen LogP contribution in [-0.4, -0.2) is 12.4 Å². The first-order valence-electron chi connectivity index (χ1n) is 7.19. The van der Waals surface area contributed by atoms with Gasteiger partial charge in [-0.3, -0.25) is 9.32 Å². The van der Waals surface area contributed by atoms with Crippen molar-refractivity contribution in [3.05, 3.63) is 69.8 Å². The topological polar surface area (TPSA) is 43.4 Å². The van der Waals surface area contributed by atoms with Gasteiger partial charge in [0, 0.05) is 11.1 Å². The zero-order valence-corrected chi connectivity index (χ0v) is 13.9. The molecule has 0 saturated carbocycles. The molecule has 0 aliphatic rings. The number of aryl methyl sites for hydroxylation is 1. The van der Waals surface area contributed by atoms with Crippen molar-refractivity contribution in [3.8, 4) is 0 Å². The molecule has 4 heteroatoms. The molecule has 2 aromatic rings. The van der Waals surface area contributed by atoms with Gasteiger partial charge in [-0.05, 0) is 49.4 Å². The summed E-state index contributed by atoms with van der Waals surface area (Å²) in [5.41, 5.74) is 5.88. The minimum Gasteiger partial charge on any atom is -0.294 e. The molecule has 0 aromatic heterocycles. The molecule has 0 saturated heterocycles. The average molecular weight is 314 g/mol. The number of carbonyl (C=O) groups is 1. The van der Waals surface area contributed by atoms with Gasteiger partial charge < -0.3 is 0 Å². The van der Waals surface area contributed by atoms with E-state index in [1.165, 1.54) is 5.56 Å². The highest BCUT2D eigenvalue weighted by atomic mass is 31.1. The van der Waals surface area contributed by atoms with E-state index >= 15 is 0 Å². The Labute approximate surface area is 132 Å². The van der Waals surface area contributed by atoms with Crippen LogP contribution in [0.25, 0.3) is 0 Å². The van der Waals surface area contributed by atoms with Crippen molar-refractivity contribution >= 4 is 14.5 Å². The first-order valence-corrected chi connectivity index (χ1v) is 7.92. The van der Waals surface area contributed by atoms with Crippen LogP contribution in [0.1, 0.15) is 38.2 Å². The molecule has 0 bridgehead atoms. The summed E-state index contributed by atoms with van der Waals surface area (Å²) >= 11 is 0. The lowest BCUT2D eigenvalue weighted by Crippen LogP contribution is -2.06. The smallest absolute Gasteiger partial charge is 0.294 e. The molecule has 114 valence electrons. The van der Waals surface area contributed by atoms with Crippen LogP contribution in [0.4, 0.5) is 0 Å². The van der Waals surface area contributed by atoms with Crippen molar-refractivity contribution in [3.63, 3.8) is 0 Å². The van der Waals surface area contributed by atoms with Crippen LogP contribution in [0, 0.1) is 20.8 Å². The molecule has 3 nitrogen and oxygen atoms in total. The summed E-state index contributed by atoms with van der Waals surface area (Å²) in [7, 11) is -0.299. The molecular weight excluding hydrogens is 295 g/mol. The molecule has 2 aromatic carbocycles. The van der Waals surface area contributed by atoms with Crippen molar-refractivity contribution in [2.24, 2.45) is 0 Å². The fourth-order valence-corrected chi connectivity index (χ4v) is 2.55. The van der Waals surface area contributed by atoms with Crippen LogP contribution in [0.5, 0.6) is 0 Å².